The van der Waals surface area contributed by atoms with Gasteiger partial charge in [0.25, 0.3) is 10.0 Å². The van der Waals surface area contributed by atoms with Crippen molar-refractivity contribution in [2.24, 2.45) is 0 Å². The summed E-state index contributed by atoms with van der Waals surface area (Å²) in [5.74, 6) is -1.78. The summed E-state index contributed by atoms with van der Waals surface area (Å²) in [5.41, 5.74) is -0.224. The number of benzene rings is 3. The minimum atomic E-state index is -4.76. The van der Waals surface area contributed by atoms with E-state index in [2.05, 4.69) is 5.32 Å². The summed E-state index contributed by atoms with van der Waals surface area (Å²) in [6.07, 6.45) is -1.26. The van der Waals surface area contributed by atoms with Gasteiger partial charge in [0.2, 0.25) is 11.8 Å². The topological polar surface area (TPSA) is 86.8 Å². The molecule has 1 N–H and O–H groups in total. The number of nitrogens with zero attached hydrogens (tertiary/aromatic N) is 2. The predicted octanol–water partition coefficient (Wildman–Crippen LogP) is 5.82. The Balaban J connectivity index is 1.73. The van der Waals surface area contributed by atoms with Gasteiger partial charge in [-0.3, -0.25) is 13.9 Å². The van der Waals surface area contributed by atoms with Gasteiger partial charge in [-0.2, -0.15) is 13.2 Å². The number of carbonyl (C=O) groups is 2. The second-order valence-corrected chi connectivity index (χ2v) is 12.5. The molecule has 43 heavy (non-hydrogen) atoms. The van der Waals surface area contributed by atoms with Gasteiger partial charge in [0, 0.05) is 12.6 Å². The van der Waals surface area contributed by atoms with E-state index in [4.69, 9.17) is 0 Å². The lowest BCUT2D eigenvalue weighted by Crippen LogP contribution is -2.52. The van der Waals surface area contributed by atoms with E-state index in [0.29, 0.717) is 15.9 Å². The van der Waals surface area contributed by atoms with Gasteiger partial charge in [-0.25, -0.2) is 12.8 Å². The first-order chi connectivity index (χ1) is 20.3. The lowest BCUT2D eigenvalue weighted by Gasteiger charge is -2.32. The summed E-state index contributed by atoms with van der Waals surface area (Å²) >= 11 is 0. The van der Waals surface area contributed by atoms with Crippen LogP contribution in [0.25, 0.3) is 0 Å². The third-order valence-corrected chi connectivity index (χ3v) is 9.27. The Kier molecular flexibility index (Phi) is 9.79. The van der Waals surface area contributed by atoms with Crippen LogP contribution >= 0.6 is 0 Å². The third-order valence-electron chi connectivity index (χ3n) is 7.48. The first-order valence-corrected chi connectivity index (χ1v) is 15.3. The number of alkyl halides is 3. The number of hydrogen-bond acceptors (Lipinski definition) is 4. The van der Waals surface area contributed by atoms with Crippen LogP contribution in [0.5, 0.6) is 0 Å². The Hall–Kier alpha value is -3.93. The van der Waals surface area contributed by atoms with E-state index in [0.717, 1.165) is 48.3 Å². The number of carbonyl (C=O) groups excluding carboxylic acids is 2. The van der Waals surface area contributed by atoms with Crippen molar-refractivity contribution in [2.75, 3.05) is 10.8 Å². The van der Waals surface area contributed by atoms with Crippen molar-refractivity contribution in [3.05, 3.63) is 95.3 Å². The average Bonchev–Trinajstić information content (AvgIpc) is 3.48. The zero-order valence-corrected chi connectivity index (χ0v) is 24.6. The number of anilines is 1. The molecule has 1 aliphatic carbocycles. The summed E-state index contributed by atoms with van der Waals surface area (Å²) in [6, 6.07) is 13.5. The minimum absolute atomic E-state index is 0.0544. The second kappa shape index (κ2) is 13.2. The molecule has 1 fully saturated rings. The number of amides is 2. The monoisotopic (exact) mass is 619 g/mol. The molecule has 1 unspecified atom stereocenters. The zero-order chi connectivity index (χ0) is 31.4. The smallest absolute Gasteiger partial charge is 0.352 e. The molecule has 3 aromatic rings. The van der Waals surface area contributed by atoms with Crippen LogP contribution in [0.4, 0.5) is 23.2 Å². The van der Waals surface area contributed by atoms with Gasteiger partial charge in [-0.05, 0) is 74.7 Å². The van der Waals surface area contributed by atoms with Crippen molar-refractivity contribution in [3.8, 4) is 0 Å². The lowest BCUT2D eigenvalue weighted by atomic mass is 10.1. The summed E-state index contributed by atoms with van der Waals surface area (Å²) in [5, 5.41) is 2.93. The summed E-state index contributed by atoms with van der Waals surface area (Å²) in [4.78, 5) is 28.1. The van der Waals surface area contributed by atoms with Crippen LogP contribution in [0, 0.1) is 12.7 Å². The molecule has 0 heterocycles. The summed E-state index contributed by atoms with van der Waals surface area (Å²) < 4.78 is 82.7. The zero-order valence-electron chi connectivity index (χ0n) is 23.8. The number of halogens is 4. The fourth-order valence-corrected chi connectivity index (χ4v) is 6.37. The van der Waals surface area contributed by atoms with Crippen molar-refractivity contribution >= 4 is 27.5 Å². The van der Waals surface area contributed by atoms with Crippen LogP contribution in [0.15, 0.2) is 77.7 Å². The molecule has 0 radical (unpaired) electrons. The van der Waals surface area contributed by atoms with Gasteiger partial charge < -0.3 is 10.2 Å². The Bertz CT molecular complexity index is 1540. The largest absolute Gasteiger partial charge is 0.416 e. The molecular formula is C31H33F4N3O4S. The summed E-state index contributed by atoms with van der Waals surface area (Å²) in [6.45, 7) is 2.18. The summed E-state index contributed by atoms with van der Waals surface area (Å²) in [7, 11) is -4.54. The fourth-order valence-electron chi connectivity index (χ4n) is 4.96. The van der Waals surface area contributed by atoms with E-state index in [1.165, 1.54) is 61.5 Å². The molecule has 2 amide bonds. The number of hydrogen-bond donors (Lipinski definition) is 1. The fraction of sp³-hybridized carbons (Fsp3) is 0.355. The quantitative estimate of drug-likeness (QED) is 0.290. The highest BCUT2D eigenvalue weighted by atomic mass is 32.2. The Morgan fingerprint density at radius 1 is 0.977 bits per heavy atom. The van der Waals surface area contributed by atoms with Gasteiger partial charge in [-0.15, -0.1) is 0 Å². The number of sulfonamides is 1. The highest BCUT2D eigenvalue weighted by molar-refractivity contribution is 7.92. The standard InChI is InChI=1S/C31H33F4N3O4S/c1-21-10-16-28(17-11-21)43(41,42)38(27-9-5-6-24(18-27)31(33,34)35)20-29(39)37(19-23-12-14-25(32)15-13-23)22(2)30(40)36-26-7-3-4-8-26/h5-6,9-18,22,26H,3-4,7-8,19-20H2,1-2H3,(H,36,40). The lowest BCUT2D eigenvalue weighted by molar-refractivity contribution is -0.139. The molecule has 0 bridgehead atoms. The number of nitrogens with one attached hydrogen (secondary N) is 1. The van der Waals surface area contributed by atoms with Crippen LogP contribution in [0.3, 0.4) is 0 Å². The van der Waals surface area contributed by atoms with Gasteiger partial charge >= 0.3 is 6.18 Å². The highest BCUT2D eigenvalue weighted by Crippen LogP contribution is 2.33. The second-order valence-electron chi connectivity index (χ2n) is 10.7. The molecule has 230 valence electrons. The van der Waals surface area contributed by atoms with E-state index in [1.807, 2.05) is 0 Å². The van der Waals surface area contributed by atoms with E-state index < -0.39 is 52.0 Å². The normalized spacial score (nSPS) is 14.7. The molecule has 1 aliphatic rings. The molecule has 0 saturated heterocycles. The predicted molar refractivity (Wildman–Crippen MR) is 154 cm³/mol. The highest BCUT2D eigenvalue weighted by Gasteiger charge is 2.35. The Morgan fingerprint density at radius 3 is 2.21 bits per heavy atom. The number of rotatable bonds is 10. The van der Waals surface area contributed by atoms with E-state index in [1.54, 1.807) is 6.92 Å². The van der Waals surface area contributed by atoms with Gasteiger partial charge in [0.15, 0.2) is 0 Å². The van der Waals surface area contributed by atoms with E-state index >= 15 is 0 Å². The van der Waals surface area contributed by atoms with Crippen LogP contribution < -0.4 is 9.62 Å². The molecule has 7 nitrogen and oxygen atoms in total. The Labute approximate surface area is 248 Å². The maximum Gasteiger partial charge on any atom is 0.416 e. The van der Waals surface area contributed by atoms with E-state index in [-0.39, 0.29) is 23.2 Å². The van der Waals surface area contributed by atoms with E-state index in [9.17, 15) is 35.6 Å². The van der Waals surface area contributed by atoms with Crippen LogP contribution in [-0.4, -0.2) is 43.8 Å². The van der Waals surface area contributed by atoms with Crippen LogP contribution in [-0.2, 0) is 32.3 Å². The van der Waals surface area contributed by atoms with Gasteiger partial charge in [0.05, 0.1) is 16.1 Å². The maximum atomic E-state index is 13.9. The van der Waals surface area contributed by atoms with Crippen molar-refractivity contribution in [3.63, 3.8) is 0 Å². The number of aryl methyl sites for hydroxylation is 1. The Morgan fingerprint density at radius 2 is 1.60 bits per heavy atom. The molecule has 4 rings (SSSR count). The minimum Gasteiger partial charge on any atom is -0.352 e. The molecule has 0 spiro atoms. The average molecular weight is 620 g/mol. The van der Waals surface area contributed by atoms with Crippen molar-refractivity contribution in [1.29, 1.82) is 0 Å². The van der Waals surface area contributed by atoms with Crippen molar-refractivity contribution < 1.29 is 35.6 Å². The molecule has 12 heteroatoms. The molecule has 3 aromatic carbocycles. The van der Waals surface area contributed by atoms with Crippen molar-refractivity contribution in [2.45, 2.75) is 69.2 Å². The molecular weight excluding hydrogens is 586 g/mol. The SMILES string of the molecule is Cc1ccc(S(=O)(=O)N(CC(=O)N(Cc2ccc(F)cc2)C(C)C(=O)NC2CCCC2)c2cccc(C(F)(F)F)c2)cc1. The third kappa shape index (κ3) is 7.92. The molecule has 1 saturated carbocycles. The first-order valence-electron chi connectivity index (χ1n) is 13.9. The first kappa shape index (κ1) is 32.0. The molecule has 0 aliphatic heterocycles. The molecule has 0 aromatic heterocycles. The van der Waals surface area contributed by atoms with Gasteiger partial charge in [0.1, 0.15) is 18.4 Å². The van der Waals surface area contributed by atoms with Crippen LogP contribution in [0.1, 0.15) is 49.3 Å². The maximum absolute atomic E-state index is 13.9. The van der Waals surface area contributed by atoms with Crippen LogP contribution in [0.2, 0.25) is 0 Å². The van der Waals surface area contributed by atoms with Gasteiger partial charge in [-0.1, -0.05) is 48.7 Å². The van der Waals surface area contributed by atoms with Crippen molar-refractivity contribution in [1.82, 2.24) is 10.2 Å². The molecule has 1 atom stereocenters.